The minimum absolute atomic E-state index is 0.0280. The second kappa shape index (κ2) is 41.7. The van der Waals surface area contributed by atoms with E-state index in [9.17, 15) is 103 Å². The fraction of sp³-hybridized carbons (Fsp3) is 0.791. The molecule has 45 heteroatoms. The quantitative estimate of drug-likeness (QED) is 0.0159. The third-order valence-corrected chi connectivity index (χ3v) is 20.7. The number of aliphatic hydroxyl groups excluding tert-OH is 9. The van der Waals surface area contributed by atoms with Crippen molar-refractivity contribution in [3.05, 3.63) is 0 Å². The number of carbonyl (C=O) groups is 13. The molecule has 7 fully saturated rings. The maximum Gasteiger partial charge on any atom is 0.246 e. The van der Waals surface area contributed by atoms with Gasteiger partial charge in [0.25, 0.3) is 0 Å². The van der Waals surface area contributed by atoms with Crippen molar-refractivity contribution in [2.75, 3.05) is 72.7 Å². The first-order chi connectivity index (χ1) is 53.0. The zero-order chi connectivity index (χ0) is 82.9. The number of guanidine groups is 1. The van der Waals surface area contributed by atoms with Crippen LogP contribution in [0.3, 0.4) is 0 Å². The van der Waals surface area contributed by atoms with Crippen molar-refractivity contribution >= 4 is 82.8 Å². The van der Waals surface area contributed by atoms with Crippen LogP contribution in [0.2, 0.25) is 0 Å². The van der Waals surface area contributed by atoms with E-state index in [2.05, 4.69) is 52.8 Å². The molecule has 7 aliphatic heterocycles. The van der Waals surface area contributed by atoms with E-state index in [4.69, 9.17) is 45.6 Å². The van der Waals surface area contributed by atoms with Crippen molar-refractivity contribution in [2.45, 2.75) is 264 Å². The molecule has 112 heavy (non-hydrogen) atoms. The van der Waals surface area contributed by atoms with Gasteiger partial charge in [-0.05, 0) is 99.0 Å². The van der Waals surface area contributed by atoms with Gasteiger partial charge in [0.05, 0.1) is 45.1 Å². The van der Waals surface area contributed by atoms with E-state index in [-0.39, 0.29) is 70.3 Å². The number of hydrogen-bond donors (Lipinski definition) is 21. The lowest BCUT2D eigenvalue weighted by Crippen LogP contribution is -2.69. The van der Waals surface area contributed by atoms with Crippen LogP contribution < -0.4 is 65.1 Å². The molecule has 7 saturated heterocycles. The smallest absolute Gasteiger partial charge is 0.246 e. The Morgan fingerprint density at radius 1 is 0.527 bits per heavy atom. The second-order valence-corrected chi connectivity index (χ2v) is 28.8. The Morgan fingerprint density at radius 3 is 1.58 bits per heavy atom. The number of amides is 13. The molecule has 7 heterocycles. The van der Waals surface area contributed by atoms with Crippen LogP contribution in [0.15, 0.2) is 4.99 Å². The molecule has 24 N–H and O–H groups in total. The second-order valence-electron chi connectivity index (χ2n) is 28.8. The molecule has 7 rings (SSSR count). The third kappa shape index (κ3) is 22.8. The number of hydrogen-bond acceptors (Lipinski definition) is 30. The molecule has 17 unspecified atom stereocenters. The fourth-order valence-corrected chi connectivity index (χ4v) is 14.6. The lowest BCUT2D eigenvalue weighted by Gasteiger charge is -2.48. The highest BCUT2D eigenvalue weighted by Crippen LogP contribution is 2.34. The zero-order valence-corrected chi connectivity index (χ0v) is 63.4. The number of aliphatic imine (C=N–C) groups is 1. The van der Waals surface area contributed by atoms with Crippen LogP contribution >= 0.6 is 0 Å². The molecule has 0 spiro atoms. The Bertz CT molecular complexity index is 3350. The largest absolute Gasteiger partial charge is 0.394 e. The Balaban J connectivity index is 1.12. The summed E-state index contributed by atoms with van der Waals surface area (Å²) in [6, 6.07) is -16.4. The van der Waals surface area contributed by atoms with E-state index in [1.807, 2.05) is 0 Å². The van der Waals surface area contributed by atoms with Crippen LogP contribution in [0.1, 0.15) is 106 Å². The summed E-state index contributed by atoms with van der Waals surface area (Å²) in [5, 5.41) is 120. The molecule has 0 aromatic carbocycles. The summed E-state index contributed by atoms with van der Waals surface area (Å²) in [6.45, 7) is 2.97. The van der Waals surface area contributed by atoms with Gasteiger partial charge in [0.2, 0.25) is 76.8 Å². The van der Waals surface area contributed by atoms with Crippen molar-refractivity contribution in [1.29, 1.82) is 0 Å². The van der Waals surface area contributed by atoms with Crippen molar-refractivity contribution in [3.8, 4) is 0 Å². The van der Waals surface area contributed by atoms with E-state index in [0.29, 0.717) is 38.5 Å². The predicted molar refractivity (Wildman–Crippen MR) is 380 cm³/mol. The molecular formula is C67H111N17O28. The van der Waals surface area contributed by atoms with E-state index >= 15 is 4.79 Å². The van der Waals surface area contributed by atoms with Gasteiger partial charge in [-0.15, -0.1) is 0 Å². The number of nitrogens with two attached hydrogens (primary N) is 3. The van der Waals surface area contributed by atoms with Crippen LogP contribution in [0.5, 0.6) is 0 Å². The van der Waals surface area contributed by atoms with Gasteiger partial charge >= 0.3 is 0 Å². The predicted octanol–water partition coefficient (Wildman–Crippen LogP) is -13.2. The lowest BCUT2D eigenvalue weighted by molar-refractivity contribution is -0.352. The summed E-state index contributed by atoms with van der Waals surface area (Å²) in [5.74, 6) is -10.9. The highest BCUT2D eigenvalue weighted by atomic mass is 16.7. The zero-order valence-electron chi connectivity index (χ0n) is 63.4. The highest BCUT2D eigenvalue weighted by Gasteiger charge is 2.55. The molecule has 0 aromatic rings. The van der Waals surface area contributed by atoms with Gasteiger partial charge in [0.15, 0.2) is 24.8 Å². The van der Waals surface area contributed by atoms with Gasteiger partial charge < -0.3 is 159 Å². The van der Waals surface area contributed by atoms with Crippen LogP contribution in [0, 0.1) is 0 Å². The standard InChI is InChI=1S/C67H111N17O28/c1-28(54(68)97)74-57(100)38-16-11-21-83(38)63(106)39-17-12-22-84(39)61(104)30(3)76-59(102)44(80-55(98)35(24-85)79-43(90)23-73-56(99)36-14-9-19-81(36)60(103)29(2)75-58(101)37-15-10-20-82(37)62(105)34(71-7)13-8-18-72-67(69)70)31(4)108-65-46(78-33(6)89)53(112-66-52(96)51(95)48(92)41(26-87)110-66)49(93)42(111-65)27-107-64-45(77-32(5)88)50(94)47(91)40(25-86)109-64/h28-31,34-42,44-53,64-66,71,85-87,91-96H,8-27H2,1-7H3,(H2,68,97)(H,73,99)(H,74,100)(H,75,101)(H,76,102)(H,77,88)(H,78,89)(H,79,90)(H,80,98)(H4,69,70,72)/t28?,29?,30?,31?,34?,35?,36?,37?,38?,39?,40?,41?,42?,44?,45-,46-,47+,48+,49+,50?,51?,52-,53?,64-,65-,66+/m1/s1. The number of aliphatic hydroxyl groups is 9. The Kier molecular flexibility index (Phi) is 33.8. The SMILES string of the molecule is CNC(CCCN=C(N)N)C(=O)N1CCCC1C(=O)NC(C)C(=O)N1CCCC1C(=O)NCC(=O)NC(CO)C(=O)NC(C(=O)NC(C)C(=O)N1CCCC1C(=O)N1CCCC1C(=O)NC(C)C(N)=O)C(C)O[C@@H]1OC(CO[C@@H]2OC(CO)[C@H](O)C(O)[C@H]2NC(C)=O)[C@H](O)C(O[C@@H]2OC(CO)[C@H](O)C(O)[C@H]2O)[C@H]1NC(C)=O. The first-order valence-corrected chi connectivity index (χ1v) is 37.4. The summed E-state index contributed by atoms with van der Waals surface area (Å²) in [7, 11) is 1.60. The van der Waals surface area contributed by atoms with Crippen molar-refractivity contribution in [2.24, 2.45) is 22.2 Å². The van der Waals surface area contributed by atoms with Crippen molar-refractivity contribution < 1.29 is 137 Å². The van der Waals surface area contributed by atoms with Gasteiger partial charge in [-0.25, -0.2) is 0 Å². The summed E-state index contributed by atoms with van der Waals surface area (Å²) >= 11 is 0. The number of carbonyl (C=O) groups excluding carboxylic acids is 13. The molecular weight excluding hydrogens is 1490 g/mol. The number of rotatable bonds is 35. The van der Waals surface area contributed by atoms with E-state index in [1.54, 1.807) is 7.05 Å². The minimum atomic E-state index is -2.17. The summed E-state index contributed by atoms with van der Waals surface area (Å²) in [4.78, 5) is 188. The number of primary amides is 1. The first kappa shape index (κ1) is 90.9. The summed E-state index contributed by atoms with van der Waals surface area (Å²) in [5.41, 5.74) is 16.2. The molecule has 0 aliphatic carbocycles. The molecule has 0 aromatic heterocycles. The monoisotopic (exact) mass is 1600 g/mol. The van der Waals surface area contributed by atoms with Crippen LogP contribution in [0.4, 0.5) is 0 Å². The molecule has 45 nitrogen and oxygen atoms in total. The van der Waals surface area contributed by atoms with Gasteiger partial charge in [-0.2, -0.15) is 0 Å². The number of nitrogens with zero attached hydrogens (tertiary/aromatic N) is 5. The average molecular weight is 1600 g/mol. The van der Waals surface area contributed by atoms with Crippen LogP contribution in [-0.2, 0) is 90.8 Å². The summed E-state index contributed by atoms with van der Waals surface area (Å²) < 4.78 is 36.0. The Hall–Kier alpha value is -8.26. The van der Waals surface area contributed by atoms with E-state index < -0.39 is 262 Å². The molecule has 7 aliphatic rings. The van der Waals surface area contributed by atoms with Crippen molar-refractivity contribution in [3.63, 3.8) is 0 Å². The number of ether oxygens (including phenoxy) is 6. The van der Waals surface area contributed by atoms with E-state index in [0.717, 1.165) is 20.8 Å². The number of likely N-dealkylation sites (tertiary alicyclic amines) is 4. The number of nitrogens with one attached hydrogen (secondary N) is 9. The molecule has 0 bridgehead atoms. The van der Waals surface area contributed by atoms with Crippen molar-refractivity contribution in [1.82, 2.24) is 67.5 Å². The number of likely N-dealkylation sites (N-methyl/N-ethyl adjacent to an activating group) is 1. The highest BCUT2D eigenvalue weighted by molar-refractivity contribution is 5.99. The topological polar surface area (TPSA) is 671 Å². The first-order valence-electron chi connectivity index (χ1n) is 37.4. The Morgan fingerprint density at radius 2 is 1.03 bits per heavy atom. The van der Waals surface area contributed by atoms with Gasteiger partial charge in [0, 0.05) is 46.6 Å². The lowest BCUT2D eigenvalue weighted by atomic mass is 9.94. The van der Waals surface area contributed by atoms with Crippen LogP contribution in [-0.4, -0.2) is 380 Å². The fourth-order valence-electron chi connectivity index (χ4n) is 14.6. The summed E-state index contributed by atoms with van der Waals surface area (Å²) in [6.07, 6.45) is -23.8. The van der Waals surface area contributed by atoms with Crippen LogP contribution in [0.25, 0.3) is 0 Å². The maximum absolute atomic E-state index is 15.1. The Labute approximate surface area is 644 Å². The molecule has 13 amide bonds. The molecule has 0 radical (unpaired) electrons. The van der Waals surface area contributed by atoms with Gasteiger partial charge in [-0.3, -0.25) is 67.3 Å². The minimum Gasteiger partial charge on any atom is -0.394 e. The van der Waals surface area contributed by atoms with E-state index in [1.165, 1.54) is 40.4 Å². The normalized spacial score (nSPS) is 31.1. The molecule has 0 saturated carbocycles. The molecule has 632 valence electrons. The van der Waals surface area contributed by atoms with Gasteiger partial charge in [-0.1, -0.05) is 0 Å². The maximum atomic E-state index is 15.1. The van der Waals surface area contributed by atoms with Gasteiger partial charge in [0.1, 0.15) is 127 Å². The average Bonchev–Trinajstić information content (AvgIpc) is 0.828. The molecule has 26 atom stereocenters. The third-order valence-electron chi connectivity index (χ3n) is 20.7.